The zero-order valence-electron chi connectivity index (χ0n) is 6.30. The fraction of sp³-hybridized carbons (Fsp3) is 1.00. The first-order chi connectivity index (χ1) is 5.54. The number of rotatable bonds is 2. The maximum atomic E-state index is 11.9. The smallest absolute Gasteiger partial charge is 0.313 e. The lowest BCUT2D eigenvalue weighted by molar-refractivity contribution is -0.190. The molecule has 1 heterocycles. The summed E-state index contributed by atoms with van der Waals surface area (Å²) < 4.78 is 49.6. The van der Waals surface area contributed by atoms with Crippen LogP contribution in [0.4, 0.5) is 13.2 Å². The van der Waals surface area contributed by atoms with E-state index in [0.29, 0.717) is 0 Å². The highest BCUT2D eigenvalue weighted by Crippen LogP contribution is 2.49. The van der Waals surface area contributed by atoms with Gasteiger partial charge in [-0.15, -0.1) is 0 Å². The van der Waals surface area contributed by atoms with E-state index in [1.807, 2.05) is 0 Å². The van der Waals surface area contributed by atoms with Crippen LogP contribution in [0.5, 0.6) is 0 Å². The number of alkyl halides is 3. The van der Waals surface area contributed by atoms with Gasteiger partial charge >= 0.3 is 14.8 Å². The molecule has 1 rings (SSSR count). The summed E-state index contributed by atoms with van der Waals surface area (Å²) in [7, 11) is -1.77. The van der Waals surface area contributed by atoms with Crippen LogP contribution in [0.1, 0.15) is 6.92 Å². The highest BCUT2D eigenvalue weighted by Gasteiger charge is 2.47. The highest BCUT2D eigenvalue weighted by molar-refractivity contribution is 7.42. The van der Waals surface area contributed by atoms with Gasteiger partial charge in [0.1, 0.15) is 0 Å². The van der Waals surface area contributed by atoms with Gasteiger partial charge in [0, 0.05) is 0 Å². The first kappa shape index (κ1) is 10.2. The summed E-state index contributed by atoms with van der Waals surface area (Å²) >= 11 is 0. The summed E-state index contributed by atoms with van der Waals surface area (Å²) in [4.78, 5) is 0. The molecule has 0 N–H and O–H groups in total. The maximum absolute atomic E-state index is 11.9. The molecule has 0 aromatic carbocycles. The van der Waals surface area contributed by atoms with Crippen LogP contribution in [0.3, 0.4) is 0 Å². The normalized spacial score (nSPS) is 31.0. The van der Waals surface area contributed by atoms with E-state index in [9.17, 15) is 13.2 Å². The van der Waals surface area contributed by atoms with Crippen molar-refractivity contribution in [2.45, 2.75) is 19.2 Å². The molecule has 0 aromatic heterocycles. The van der Waals surface area contributed by atoms with Crippen molar-refractivity contribution in [3.8, 4) is 0 Å². The molecule has 2 unspecified atom stereocenters. The topological polar surface area (TPSA) is 27.7 Å². The van der Waals surface area contributed by atoms with Crippen molar-refractivity contribution >= 4 is 8.60 Å². The highest BCUT2D eigenvalue weighted by atomic mass is 31.2. The Kier molecular flexibility index (Phi) is 3.29. The fourth-order valence-corrected chi connectivity index (χ4v) is 1.67. The molecule has 1 fully saturated rings. The lowest BCUT2D eigenvalue weighted by atomic mass is 10.4. The third kappa shape index (κ3) is 2.55. The van der Waals surface area contributed by atoms with E-state index in [0.717, 1.165) is 0 Å². The van der Waals surface area contributed by atoms with Crippen LogP contribution in [-0.4, -0.2) is 25.5 Å². The van der Waals surface area contributed by atoms with Crippen LogP contribution in [0.15, 0.2) is 0 Å². The molecule has 0 spiro atoms. The van der Waals surface area contributed by atoms with Crippen molar-refractivity contribution in [3.05, 3.63) is 0 Å². The van der Waals surface area contributed by atoms with Crippen molar-refractivity contribution in [1.29, 1.82) is 0 Å². The van der Waals surface area contributed by atoms with E-state index in [4.69, 9.17) is 4.52 Å². The lowest BCUT2D eigenvalue weighted by Crippen LogP contribution is -2.29. The SMILES string of the molecule is CCOP1OCC(C(F)(F)F)O1. The molecule has 0 amide bonds. The molecular weight excluding hydrogens is 196 g/mol. The van der Waals surface area contributed by atoms with E-state index >= 15 is 0 Å². The van der Waals surface area contributed by atoms with Crippen LogP contribution in [0, 0.1) is 0 Å². The first-order valence-electron chi connectivity index (χ1n) is 3.33. The monoisotopic (exact) mass is 204 g/mol. The molecule has 12 heavy (non-hydrogen) atoms. The second-order valence-corrected chi connectivity index (χ2v) is 3.25. The molecule has 1 aliphatic heterocycles. The number of hydrogen-bond donors (Lipinski definition) is 0. The summed E-state index contributed by atoms with van der Waals surface area (Å²) in [5.41, 5.74) is 0. The number of hydrogen-bond acceptors (Lipinski definition) is 3. The quantitative estimate of drug-likeness (QED) is 0.645. The van der Waals surface area contributed by atoms with Gasteiger partial charge in [-0.1, -0.05) is 0 Å². The third-order valence-corrected chi connectivity index (χ3v) is 2.40. The maximum Gasteiger partial charge on any atom is 0.417 e. The zero-order valence-corrected chi connectivity index (χ0v) is 7.19. The Bertz CT molecular complexity index is 151. The molecule has 0 aliphatic carbocycles. The van der Waals surface area contributed by atoms with Crippen molar-refractivity contribution in [2.75, 3.05) is 13.2 Å². The average Bonchev–Trinajstić information content (AvgIpc) is 2.35. The third-order valence-electron chi connectivity index (χ3n) is 1.14. The lowest BCUT2D eigenvalue weighted by Gasteiger charge is -2.11. The molecule has 0 saturated carbocycles. The van der Waals surface area contributed by atoms with E-state index < -0.39 is 27.5 Å². The predicted molar refractivity (Wildman–Crippen MR) is 35.4 cm³/mol. The van der Waals surface area contributed by atoms with Gasteiger partial charge in [0.2, 0.25) is 0 Å². The minimum atomic E-state index is -4.35. The molecule has 3 nitrogen and oxygen atoms in total. The zero-order chi connectivity index (χ0) is 9.19. The molecule has 2 atom stereocenters. The van der Waals surface area contributed by atoms with Crippen LogP contribution in [0.25, 0.3) is 0 Å². The van der Waals surface area contributed by atoms with Crippen LogP contribution in [-0.2, 0) is 13.6 Å². The molecular formula is C5H8F3O3P. The largest absolute Gasteiger partial charge is 0.417 e. The Hall–Kier alpha value is 0.100. The molecule has 1 aliphatic rings. The van der Waals surface area contributed by atoms with Gasteiger partial charge in [-0.05, 0) is 6.92 Å². The molecule has 7 heteroatoms. The van der Waals surface area contributed by atoms with Crippen molar-refractivity contribution in [3.63, 3.8) is 0 Å². The van der Waals surface area contributed by atoms with Gasteiger partial charge in [-0.2, -0.15) is 13.2 Å². The Morgan fingerprint density at radius 1 is 1.58 bits per heavy atom. The second-order valence-electron chi connectivity index (χ2n) is 2.07. The van der Waals surface area contributed by atoms with E-state index in [1.54, 1.807) is 6.92 Å². The van der Waals surface area contributed by atoms with Gasteiger partial charge in [-0.25, -0.2) is 0 Å². The molecule has 72 valence electrons. The number of halogens is 3. The molecule has 0 bridgehead atoms. The molecule has 1 saturated heterocycles. The summed E-state index contributed by atoms with van der Waals surface area (Å²) in [5.74, 6) is 0. The summed E-state index contributed by atoms with van der Waals surface area (Å²) in [6, 6.07) is 0. The molecule has 0 aromatic rings. The summed E-state index contributed by atoms with van der Waals surface area (Å²) in [6.45, 7) is 1.49. The summed E-state index contributed by atoms with van der Waals surface area (Å²) in [5, 5.41) is 0. The van der Waals surface area contributed by atoms with Crippen LogP contribution >= 0.6 is 8.60 Å². The van der Waals surface area contributed by atoms with Crippen molar-refractivity contribution < 1.29 is 26.7 Å². The minimum absolute atomic E-state index is 0.288. The first-order valence-corrected chi connectivity index (χ1v) is 4.43. The van der Waals surface area contributed by atoms with Crippen LogP contribution < -0.4 is 0 Å². The van der Waals surface area contributed by atoms with Gasteiger partial charge in [0.25, 0.3) is 0 Å². The van der Waals surface area contributed by atoms with Crippen molar-refractivity contribution in [2.24, 2.45) is 0 Å². The Balaban J connectivity index is 2.35. The Morgan fingerprint density at radius 3 is 2.67 bits per heavy atom. The second kappa shape index (κ2) is 3.87. The van der Waals surface area contributed by atoms with E-state index in [-0.39, 0.29) is 6.61 Å². The Labute approximate surface area is 68.8 Å². The van der Waals surface area contributed by atoms with Crippen molar-refractivity contribution in [1.82, 2.24) is 0 Å². The van der Waals surface area contributed by atoms with Gasteiger partial charge in [-0.3, -0.25) is 4.52 Å². The molecule has 0 radical (unpaired) electrons. The van der Waals surface area contributed by atoms with Gasteiger partial charge in [0.15, 0.2) is 6.10 Å². The van der Waals surface area contributed by atoms with Gasteiger partial charge in [0.05, 0.1) is 13.2 Å². The fourth-order valence-electron chi connectivity index (χ4n) is 0.621. The van der Waals surface area contributed by atoms with Crippen LogP contribution in [0.2, 0.25) is 0 Å². The summed E-state index contributed by atoms with van der Waals surface area (Å²) in [6.07, 6.45) is -6.18. The van der Waals surface area contributed by atoms with E-state index in [1.165, 1.54) is 0 Å². The Morgan fingerprint density at radius 2 is 2.25 bits per heavy atom. The van der Waals surface area contributed by atoms with E-state index in [2.05, 4.69) is 9.05 Å². The average molecular weight is 204 g/mol. The standard InChI is InChI=1S/C5H8F3O3P/c1-2-9-12-10-3-4(11-12)5(6,7)8/h4H,2-3H2,1H3. The predicted octanol–water partition coefficient (Wildman–Crippen LogP) is 2.23. The minimum Gasteiger partial charge on any atom is -0.313 e. The van der Waals surface area contributed by atoms with Gasteiger partial charge < -0.3 is 9.05 Å².